The van der Waals surface area contributed by atoms with Crippen molar-refractivity contribution in [3.63, 3.8) is 0 Å². The van der Waals surface area contributed by atoms with E-state index in [2.05, 4.69) is 16.7 Å². The van der Waals surface area contributed by atoms with Crippen LogP contribution in [-0.4, -0.2) is 40.8 Å². The van der Waals surface area contributed by atoms with E-state index in [1.54, 1.807) is 49.9 Å². The Balaban J connectivity index is 1.82. The van der Waals surface area contributed by atoms with Crippen molar-refractivity contribution in [3.8, 4) is 6.07 Å². The largest absolute Gasteiger partial charge is 0.353 e. The number of aryl methyl sites for hydroxylation is 1. The second-order valence-corrected chi connectivity index (χ2v) is 10.9. The van der Waals surface area contributed by atoms with Gasteiger partial charge in [0.15, 0.2) is 6.29 Å². The van der Waals surface area contributed by atoms with E-state index in [4.69, 9.17) is 17.0 Å². The lowest BCUT2D eigenvalue weighted by Gasteiger charge is -2.38. The summed E-state index contributed by atoms with van der Waals surface area (Å²) in [6.07, 6.45) is 3.38. The summed E-state index contributed by atoms with van der Waals surface area (Å²) in [5.74, 6) is -0.682. The SMILES string of the molecule is CC(=N)/C=C(\C=O)Nc1ccc(C(=O)N[C@H](C)C(=O)N2C(c3cccc(Cl)c3)CCC2C(C)(C)C#N)cc1C. The number of benzene rings is 2. The molecule has 3 atom stereocenters. The van der Waals surface area contributed by atoms with Gasteiger partial charge in [-0.1, -0.05) is 23.7 Å². The van der Waals surface area contributed by atoms with Crippen LogP contribution in [0.15, 0.2) is 54.2 Å². The first-order chi connectivity index (χ1) is 18.4. The molecule has 0 spiro atoms. The molecule has 2 amide bonds. The summed E-state index contributed by atoms with van der Waals surface area (Å²) < 4.78 is 0. The molecule has 3 rings (SSSR count). The molecule has 0 radical (unpaired) electrons. The van der Waals surface area contributed by atoms with Crippen LogP contribution in [0, 0.1) is 29.1 Å². The van der Waals surface area contributed by atoms with Gasteiger partial charge >= 0.3 is 0 Å². The average molecular weight is 548 g/mol. The van der Waals surface area contributed by atoms with Crippen molar-refractivity contribution < 1.29 is 14.4 Å². The maximum absolute atomic E-state index is 13.8. The molecule has 2 unspecified atom stereocenters. The normalized spacial score (nSPS) is 18.2. The first-order valence-electron chi connectivity index (χ1n) is 12.8. The molecule has 39 heavy (non-hydrogen) atoms. The highest BCUT2D eigenvalue weighted by molar-refractivity contribution is 6.30. The minimum absolute atomic E-state index is 0.230. The first kappa shape index (κ1) is 29.6. The predicted octanol–water partition coefficient (Wildman–Crippen LogP) is 5.58. The van der Waals surface area contributed by atoms with E-state index in [0.717, 1.165) is 5.56 Å². The Morgan fingerprint density at radius 1 is 1.23 bits per heavy atom. The van der Waals surface area contributed by atoms with Gasteiger partial charge in [0, 0.05) is 22.0 Å². The second-order valence-electron chi connectivity index (χ2n) is 10.5. The van der Waals surface area contributed by atoms with Crippen molar-refractivity contribution in [1.29, 1.82) is 10.7 Å². The van der Waals surface area contributed by atoms with Gasteiger partial charge in [0.05, 0.1) is 29.3 Å². The van der Waals surface area contributed by atoms with Crippen LogP contribution in [0.25, 0.3) is 0 Å². The zero-order chi connectivity index (χ0) is 28.9. The van der Waals surface area contributed by atoms with E-state index in [1.165, 1.54) is 6.08 Å². The maximum atomic E-state index is 13.8. The zero-order valence-electron chi connectivity index (χ0n) is 22.8. The van der Waals surface area contributed by atoms with Gasteiger partial charge in [0.2, 0.25) is 5.91 Å². The molecule has 0 aliphatic carbocycles. The molecule has 1 aliphatic rings. The molecular formula is C30H34ClN5O3. The van der Waals surface area contributed by atoms with Crippen LogP contribution in [0.2, 0.25) is 5.02 Å². The number of carbonyl (C=O) groups excluding carboxylic acids is 3. The number of hydrogen-bond acceptors (Lipinski definition) is 6. The van der Waals surface area contributed by atoms with Crippen LogP contribution in [0.4, 0.5) is 5.69 Å². The molecule has 2 aromatic rings. The van der Waals surface area contributed by atoms with E-state index in [1.807, 2.05) is 32.0 Å². The Labute approximate surface area is 234 Å². The molecule has 204 valence electrons. The number of likely N-dealkylation sites (tertiary alicyclic amines) is 1. The number of nitrogens with one attached hydrogen (secondary N) is 3. The number of amides is 2. The molecule has 1 aliphatic heterocycles. The molecular weight excluding hydrogens is 514 g/mol. The van der Waals surface area contributed by atoms with Crippen molar-refractivity contribution in [2.75, 3.05) is 5.32 Å². The van der Waals surface area contributed by atoms with Crippen molar-refractivity contribution in [1.82, 2.24) is 10.2 Å². The molecule has 1 saturated heterocycles. The molecule has 0 saturated carbocycles. The summed E-state index contributed by atoms with van der Waals surface area (Å²) in [4.78, 5) is 40.0. The summed E-state index contributed by atoms with van der Waals surface area (Å²) in [6, 6.07) is 13.3. The third-order valence-electron chi connectivity index (χ3n) is 6.98. The Kier molecular flexibility index (Phi) is 9.31. The quantitative estimate of drug-likeness (QED) is 0.214. The lowest BCUT2D eigenvalue weighted by Crippen LogP contribution is -2.52. The average Bonchev–Trinajstić information content (AvgIpc) is 3.34. The number of halogens is 1. The van der Waals surface area contributed by atoms with Gasteiger partial charge in [-0.25, -0.2) is 0 Å². The topological polar surface area (TPSA) is 126 Å². The highest BCUT2D eigenvalue weighted by Gasteiger charge is 2.46. The number of rotatable bonds is 9. The van der Waals surface area contributed by atoms with Crippen LogP contribution >= 0.6 is 11.6 Å². The summed E-state index contributed by atoms with van der Waals surface area (Å²) in [5.41, 5.74) is 2.28. The maximum Gasteiger partial charge on any atom is 0.251 e. The molecule has 1 heterocycles. The fourth-order valence-corrected chi connectivity index (χ4v) is 5.14. The fourth-order valence-electron chi connectivity index (χ4n) is 4.94. The number of allylic oxidation sites excluding steroid dienone is 2. The summed E-state index contributed by atoms with van der Waals surface area (Å²) in [5, 5.41) is 23.7. The van der Waals surface area contributed by atoms with Crippen molar-refractivity contribution >= 4 is 41.1 Å². The van der Waals surface area contributed by atoms with Gasteiger partial charge in [-0.2, -0.15) is 5.26 Å². The Morgan fingerprint density at radius 2 is 1.95 bits per heavy atom. The van der Waals surface area contributed by atoms with Crippen LogP contribution < -0.4 is 10.6 Å². The molecule has 9 heteroatoms. The Morgan fingerprint density at radius 3 is 2.54 bits per heavy atom. The minimum Gasteiger partial charge on any atom is -0.353 e. The standard InChI is InChI=1S/C30H34ClN5O3/c1-18-13-22(9-10-25(18)35-24(16-37)14-19(2)33)28(38)34-20(3)29(39)36-26(21-7-6-8-23(31)15-21)11-12-27(36)30(4,5)17-32/h6-10,13-16,20,26-27,33,35H,11-12H2,1-5H3,(H,34,38)/b24-14+,33-19?/t20-,26?,27?/m1/s1. The second kappa shape index (κ2) is 12.3. The van der Waals surface area contributed by atoms with E-state index in [9.17, 15) is 19.6 Å². The van der Waals surface area contributed by atoms with Gasteiger partial charge in [-0.15, -0.1) is 0 Å². The van der Waals surface area contributed by atoms with Gasteiger partial charge < -0.3 is 20.9 Å². The van der Waals surface area contributed by atoms with E-state index in [0.29, 0.717) is 41.0 Å². The number of hydrogen-bond donors (Lipinski definition) is 3. The lowest BCUT2D eigenvalue weighted by atomic mass is 9.84. The Hall–Kier alpha value is -3.96. The minimum atomic E-state index is -0.840. The molecule has 0 aromatic heterocycles. The predicted molar refractivity (Wildman–Crippen MR) is 153 cm³/mol. The van der Waals surface area contributed by atoms with Gasteiger partial charge in [0.1, 0.15) is 6.04 Å². The number of nitrogens with zero attached hydrogens (tertiary/aromatic N) is 2. The van der Waals surface area contributed by atoms with Gasteiger partial charge in [-0.3, -0.25) is 14.4 Å². The lowest BCUT2D eigenvalue weighted by molar-refractivity contribution is -0.137. The van der Waals surface area contributed by atoms with Crippen molar-refractivity contribution in [2.45, 2.75) is 65.6 Å². The molecule has 8 nitrogen and oxygen atoms in total. The van der Waals surface area contributed by atoms with Gasteiger partial charge in [0.25, 0.3) is 5.91 Å². The van der Waals surface area contributed by atoms with E-state index < -0.39 is 17.4 Å². The number of aldehydes is 1. The van der Waals surface area contributed by atoms with Crippen LogP contribution in [-0.2, 0) is 9.59 Å². The monoisotopic (exact) mass is 547 g/mol. The van der Waals surface area contributed by atoms with Crippen LogP contribution in [0.3, 0.4) is 0 Å². The number of nitriles is 1. The van der Waals surface area contributed by atoms with Crippen LogP contribution in [0.1, 0.15) is 68.1 Å². The number of carbonyl (C=O) groups is 3. The van der Waals surface area contributed by atoms with E-state index >= 15 is 0 Å². The highest BCUT2D eigenvalue weighted by atomic mass is 35.5. The molecule has 3 N–H and O–H groups in total. The molecule has 1 fully saturated rings. The summed E-state index contributed by atoms with van der Waals surface area (Å²) in [6.45, 7) is 8.66. The van der Waals surface area contributed by atoms with Crippen molar-refractivity contribution in [3.05, 3.63) is 76.0 Å². The summed E-state index contributed by atoms with van der Waals surface area (Å²) in [7, 11) is 0. The summed E-state index contributed by atoms with van der Waals surface area (Å²) >= 11 is 6.24. The third kappa shape index (κ3) is 6.92. The highest BCUT2D eigenvalue weighted by Crippen LogP contribution is 2.43. The smallest absolute Gasteiger partial charge is 0.251 e. The third-order valence-corrected chi connectivity index (χ3v) is 7.21. The first-order valence-corrected chi connectivity index (χ1v) is 13.1. The molecule has 0 bridgehead atoms. The van der Waals surface area contributed by atoms with Crippen LogP contribution in [0.5, 0.6) is 0 Å². The van der Waals surface area contributed by atoms with Crippen molar-refractivity contribution in [2.24, 2.45) is 5.41 Å². The van der Waals surface area contributed by atoms with E-state index in [-0.39, 0.29) is 29.4 Å². The molecule has 2 aromatic carbocycles. The number of anilines is 1. The zero-order valence-corrected chi connectivity index (χ0v) is 23.6. The Bertz CT molecular complexity index is 1360. The fraction of sp³-hybridized carbons (Fsp3) is 0.367. The van der Waals surface area contributed by atoms with Gasteiger partial charge in [-0.05, 0) is 95.0 Å².